The highest BCUT2D eigenvalue weighted by Crippen LogP contribution is 2.48. The van der Waals surface area contributed by atoms with E-state index < -0.39 is 28.4 Å². The van der Waals surface area contributed by atoms with E-state index in [1.54, 1.807) is 7.11 Å². The second-order valence-electron chi connectivity index (χ2n) is 9.10. The average Bonchev–Trinajstić information content (AvgIpc) is 3.40. The van der Waals surface area contributed by atoms with Gasteiger partial charge in [-0.25, -0.2) is 0 Å². The van der Waals surface area contributed by atoms with Crippen LogP contribution in [-0.4, -0.2) is 115 Å². The minimum absolute atomic E-state index is 0.0287. The SMILES string of the molecule is BC1CC(OC)C(COP(O)OC2CC(B)OC2COP(=C)(O)OC2CC(B)OC2CC)O1. The van der Waals surface area contributed by atoms with E-state index in [1.807, 2.05) is 30.5 Å². The number of hydrogen-bond donors (Lipinski definition) is 2. The van der Waals surface area contributed by atoms with Gasteiger partial charge in [0, 0.05) is 25.1 Å². The lowest BCUT2D eigenvalue weighted by molar-refractivity contribution is -0.0264. The number of ether oxygens (including phenoxy) is 4. The molecule has 15 heteroatoms. The van der Waals surface area contributed by atoms with Crippen LogP contribution in [0, 0.1) is 0 Å². The molecule has 0 aromatic carbocycles. The van der Waals surface area contributed by atoms with Crippen molar-refractivity contribution in [2.75, 3.05) is 20.3 Å². The molecule has 3 saturated heterocycles. The Morgan fingerprint density at radius 3 is 2.09 bits per heavy atom. The summed E-state index contributed by atoms with van der Waals surface area (Å²) in [6, 6.07) is 0.0609. The normalized spacial score (nSPS) is 41.9. The fourth-order valence-electron chi connectivity index (χ4n) is 4.60. The standard InChI is InChI=1S/C18H37B3O10P2/c1-4-10-13(7-18(21)27-10)31-33(3,23)26-9-15-12(6-17(20)29-15)30-32(22)25-8-14-11(24-2)5-16(19)28-14/h10-18,22-23H,3-9,19-21H2,1-2H3. The lowest BCUT2D eigenvalue weighted by Gasteiger charge is -2.27. The Morgan fingerprint density at radius 2 is 1.48 bits per heavy atom. The van der Waals surface area contributed by atoms with Gasteiger partial charge in [-0.1, -0.05) is 6.92 Å². The third-order valence-electron chi connectivity index (χ3n) is 6.18. The van der Waals surface area contributed by atoms with Crippen molar-refractivity contribution in [3.05, 3.63) is 0 Å². The van der Waals surface area contributed by atoms with Crippen molar-refractivity contribution < 1.29 is 46.8 Å². The zero-order chi connectivity index (χ0) is 24.2. The maximum Gasteiger partial charge on any atom is 0.330 e. The Hall–Kier alpha value is 0.525. The van der Waals surface area contributed by atoms with Gasteiger partial charge in [-0.15, -0.1) is 0 Å². The highest BCUT2D eigenvalue weighted by Gasteiger charge is 2.40. The van der Waals surface area contributed by atoms with Gasteiger partial charge in [0.25, 0.3) is 0 Å². The second-order valence-corrected chi connectivity index (χ2v) is 11.8. The van der Waals surface area contributed by atoms with E-state index in [4.69, 9.17) is 37.0 Å². The third kappa shape index (κ3) is 8.27. The molecule has 0 aromatic heterocycles. The Kier molecular flexibility index (Phi) is 10.8. The molecular formula is C18H37B3O10P2. The molecule has 3 aliphatic rings. The molecule has 33 heavy (non-hydrogen) atoms. The second kappa shape index (κ2) is 12.7. The van der Waals surface area contributed by atoms with E-state index in [9.17, 15) is 9.79 Å². The van der Waals surface area contributed by atoms with Crippen molar-refractivity contribution in [1.82, 2.24) is 0 Å². The molecule has 11 unspecified atom stereocenters. The molecule has 3 heterocycles. The van der Waals surface area contributed by atoms with Gasteiger partial charge in [-0.3, -0.25) is 0 Å². The molecule has 0 aliphatic carbocycles. The summed E-state index contributed by atoms with van der Waals surface area (Å²) >= 11 is 0. The first-order valence-electron chi connectivity index (χ1n) is 11.7. The van der Waals surface area contributed by atoms with E-state index >= 15 is 0 Å². The summed E-state index contributed by atoms with van der Waals surface area (Å²) in [5.74, 6) is 0. The van der Waals surface area contributed by atoms with Gasteiger partial charge < -0.3 is 46.8 Å². The summed E-state index contributed by atoms with van der Waals surface area (Å²) in [5.41, 5.74) is 0. The van der Waals surface area contributed by atoms with E-state index in [0.29, 0.717) is 12.8 Å². The van der Waals surface area contributed by atoms with Crippen LogP contribution in [0.15, 0.2) is 0 Å². The minimum Gasteiger partial charge on any atom is -0.381 e. The summed E-state index contributed by atoms with van der Waals surface area (Å²) in [4.78, 5) is 21.0. The smallest absolute Gasteiger partial charge is 0.330 e. The van der Waals surface area contributed by atoms with E-state index in [1.165, 1.54) is 0 Å². The van der Waals surface area contributed by atoms with Gasteiger partial charge in [0.05, 0.1) is 37.6 Å². The first-order chi connectivity index (χ1) is 15.6. The molecule has 2 N–H and O–H groups in total. The van der Waals surface area contributed by atoms with Crippen molar-refractivity contribution in [3.8, 4) is 0 Å². The molecule has 0 radical (unpaired) electrons. The molecule has 0 amide bonds. The zero-order valence-corrected chi connectivity index (χ0v) is 22.0. The van der Waals surface area contributed by atoms with E-state index in [2.05, 4.69) is 6.30 Å². The van der Waals surface area contributed by atoms with Crippen LogP contribution >= 0.6 is 16.2 Å². The zero-order valence-electron chi connectivity index (χ0n) is 20.2. The molecule has 10 nitrogen and oxygen atoms in total. The molecule has 11 atom stereocenters. The molecule has 0 bridgehead atoms. The topological polar surface area (TPSA) is 114 Å². The van der Waals surface area contributed by atoms with Crippen LogP contribution < -0.4 is 0 Å². The van der Waals surface area contributed by atoms with Crippen LogP contribution in [0.4, 0.5) is 0 Å². The van der Waals surface area contributed by atoms with Gasteiger partial charge in [0.1, 0.15) is 35.7 Å². The van der Waals surface area contributed by atoms with Gasteiger partial charge in [0.2, 0.25) is 7.57 Å². The Bertz CT molecular complexity index is 667. The van der Waals surface area contributed by atoms with Crippen LogP contribution in [0.1, 0.15) is 32.6 Å². The van der Waals surface area contributed by atoms with E-state index in [-0.39, 0.29) is 55.6 Å². The monoisotopic (exact) mass is 508 g/mol. The molecule has 0 spiro atoms. The molecule has 3 aliphatic heterocycles. The first kappa shape index (κ1) is 28.1. The Balaban J connectivity index is 1.45. The summed E-state index contributed by atoms with van der Waals surface area (Å²) < 4.78 is 45.6. The van der Waals surface area contributed by atoms with E-state index in [0.717, 1.165) is 12.8 Å². The Morgan fingerprint density at radius 1 is 0.939 bits per heavy atom. The van der Waals surface area contributed by atoms with Crippen LogP contribution in [-0.2, 0) is 37.0 Å². The van der Waals surface area contributed by atoms with Crippen LogP contribution in [0.5, 0.6) is 0 Å². The van der Waals surface area contributed by atoms with Crippen LogP contribution in [0.25, 0.3) is 0 Å². The minimum atomic E-state index is -3.33. The first-order valence-corrected chi connectivity index (χ1v) is 14.6. The third-order valence-corrected chi connectivity index (χ3v) is 8.15. The van der Waals surface area contributed by atoms with Gasteiger partial charge >= 0.3 is 8.60 Å². The van der Waals surface area contributed by atoms with Crippen molar-refractivity contribution in [1.29, 1.82) is 0 Å². The number of rotatable bonds is 12. The fraction of sp³-hybridized carbons (Fsp3) is 0.944. The highest BCUT2D eigenvalue weighted by molar-refractivity contribution is 7.58. The van der Waals surface area contributed by atoms with Crippen LogP contribution in [0.2, 0.25) is 0 Å². The lowest BCUT2D eigenvalue weighted by atomic mass is 9.96. The van der Waals surface area contributed by atoms with Crippen molar-refractivity contribution >= 4 is 46.0 Å². The maximum atomic E-state index is 10.7. The predicted molar refractivity (Wildman–Crippen MR) is 134 cm³/mol. The average molecular weight is 508 g/mol. The maximum absolute atomic E-state index is 10.7. The summed E-state index contributed by atoms with van der Waals surface area (Å²) in [7, 11) is 2.04. The summed E-state index contributed by atoms with van der Waals surface area (Å²) in [6.07, 6.45) is 4.97. The molecule has 3 fully saturated rings. The summed E-state index contributed by atoms with van der Waals surface area (Å²) in [5, 5.41) is 0. The van der Waals surface area contributed by atoms with Gasteiger partial charge in [-0.2, -0.15) is 0 Å². The molecule has 188 valence electrons. The van der Waals surface area contributed by atoms with Crippen molar-refractivity contribution in [3.63, 3.8) is 0 Å². The fourth-order valence-corrected chi connectivity index (χ4v) is 6.47. The Labute approximate surface area is 200 Å². The largest absolute Gasteiger partial charge is 0.381 e. The molecular weight excluding hydrogens is 471 g/mol. The van der Waals surface area contributed by atoms with Crippen molar-refractivity contribution in [2.45, 2.75) is 87.2 Å². The quantitative estimate of drug-likeness (QED) is 0.248. The van der Waals surface area contributed by atoms with Crippen molar-refractivity contribution in [2.24, 2.45) is 0 Å². The van der Waals surface area contributed by atoms with Gasteiger partial charge in [-0.05, 0) is 32.0 Å². The molecule has 0 aromatic rings. The number of methoxy groups -OCH3 is 1. The lowest BCUT2D eigenvalue weighted by Crippen LogP contribution is -2.30. The number of hydrogen-bond acceptors (Lipinski definition) is 10. The van der Waals surface area contributed by atoms with Crippen LogP contribution in [0.3, 0.4) is 0 Å². The summed E-state index contributed by atoms with van der Waals surface area (Å²) in [6.45, 7) is 2.22. The molecule has 3 rings (SSSR count). The molecule has 0 saturated carbocycles. The predicted octanol–water partition coefficient (Wildman–Crippen LogP) is -1.13. The highest BCUT2D eigenvalue weighted by atomic mass is 31.2. The van der Waals surface area contributed by atoms with Gasteiger partial charge in [0.15, 0.2) is 0 Å².